The van der Waals surface area contributed by atoms with Gasteiger partial charge in [0.1, 0.15) is 0 Å². The van der Waals surface area contributed by atoms with Crippen LogP contribution in [0.2, 0.25) is 0 Å². The number of aliphatic hydroxyl groups is 3. The summed E-state index contributed by atoms with van der Waals surface area (Å²) in [5, 5.41) is 28.5. The number of aryl methyl sites for hydroxylation is 1. The monoisotopic (exact) mass is 251 g/mol. The van der Waals surface area contributed by atoms with E-state index in [1.165, 1.54) is 5.56 Å². The summed E-state index contributed by atoms with van der Waals surface area (Å²) >= 11 is 0. The Morgan fingerprint density at radius 1 is 1.17 bits per heavy atom. The van der Waals surface area contributed by atoms with E-state index < -0.39 is 12.2 Å². The summed E-state index contributed by atoms with van der Waals surface area (Å²) in [6.45, 7) is 1.12. The molecule has 1 aromatic carbocycles. The highest BCUT2D eigenvalue weighted by molar-refractivity contribution is 5.14. The fraction of sp³-hybridized carbons (Fsp3) is 0.571. The third-order valence-corrected chi connectivity index (χ3v) is 3.62. The van der Waals surface area contributed by atoms with E-state index in [2.05, 4.69) is 12.1 Å². The van der Waals surface area contributed by atoms with Crippen LogP contribution in [-0.4, -0.2) is 58.2 Å². The number of aliphatic hydroxyl groups excluding tert-OH is 3. The zero-order valence-corrected chi connectivity index (χ0v) is 10.4. The number of hydrogen-bond donors (Lipinski definition) is 3. The number of benzene rings is 1. The van der Waals surface area contributed by atoms with E-state index in [9.17, 15) is 15.3 Å². The molecule has 100 valence electrons. The molecule has 0 amide bonds. The van der Waals surface area contributed by atoms with Gasteiger partial charge in [-0.3, -0.25) is 4.90 Å². The lowest BCUT2D eigenvalue weighted by Gasteiger charge is -2.23. The van der Waals surface area contributed by atoms with Crippen molar-refractivity contribution >= 4 is 0 Å². The molecule has 3 unspecified atom stereocenters. The lowest BCUT2D eigenvalue weighted by molar-refractivity contribution is 0.0216. The maximum Gasteiger partial charge on any atom is 0.0988 e. The maximum absolute atomic E-state index is 9.69. The first-order valence-corrected chi connectivity index (χ1v) is 6.47. The lowest BCUT2D eigenvalue weighted by Crippen LogP contribution is -2.39. The SMILES string of the molecule is OCC1C(O)C(O)CN1CCCc1ccccc1. The van der Waals surface area contributed by atoms with E-state index in [-0.39, 0.29) is 12.6 Å². The van der Waals surface area contributed by atoms with E-state index in [4.69, 9.17) is 0 Å². The first-order chi connectivity index (χ1) is 8.72. The van der Waals surface area contributed by atoms with E-state index in [0.29, 0.717) is 6.54 Å². The molecule has 1 aromatic rings. The highest BCUT2D eigenvalue weighted by atomic mass is 16.3. The van der Waals surface area contributed by atoms with Gasteiger partial charge in [-0.2, -0.15) is 0 Å². The summed E-state index contributed by atoms with van der Waals surface area (Å²) in [6.07, 6.45) is 0.368. The van der Waals surface area contributed by atoms with Crippen molar-refractivity contribution in [2.75, 3.05) is 19.7 Å². The van der Waals surface area contributed by atoms with Crippen molar-refractivity contribution in [3.63, 3.8) is 0 Å². The Labute approximate surface area is 107 Å². The molecule has 0 spiro atoms. The van der Waals surface area contributed by atoms with E-state index >= 15 is 0 Å². The molecule has 0 radical (unpaired) electrons. The van der Waals surface area contributed by atoms with Gasteiger partial charge in [-0.05, 0) is 24.9 Å². The van der Waals surface area contributed by atoms with Gasteiger partial charge in [0.2, 0.25) is 0 Å². The van der Waals surface area contributed by atoms with E-state index in [0.717, 1.165) is 19.4 Å². The molecular weight excluding hydrogens is 230 g/mol. The molecule has 0 saturated carbocycles. The first-order valence-electron chi connectivity index (χ1n) is 6.47. The summed E-state index contributed by atoms with van der Waals surface area (Å²) < 4.78 is 0. The zero-order chi connectivity index (χ0) is 13.0. The van der Waals surface area contributed by atoms with Crippen molar-refractivity contribution < 1.29 is 15.3 Å². The smallest absolute Gasteiger partial charge is 0.0988 e. The predicted octanol–water partition coefficient (Wildman–Crippen LogP) is 0.0175. The molecule has 1 aliphatic rings. The van der Waals surface area contributed by atoms with Crippen LogP contribution in [0.3, 0.4) is 0 Å². The Morgan fingerprint density at radius 2 is 1.89 bits per heavy atom. The minimum Gasteiger partial charge on any atom is -0.395 e. The molecule has 3 N–H and O–H groups in total. The van der Waals surface area contributed by atoms with Gasteiger partial charge in [-0.1, -0.05) is 30.3 Å². The number of likely N-dealkylation sites (tertiary alicyclic amines) is 1. The fourth-order valence-corrected chi connectivity index (χ4v) is 2.57. The molecule has 1 saturated heterocycles. The van der Waals surface area contributed by atoms with Crippen LogP contribution in [-0.2, 0) is 6.42 Å². The minimum absolute atomic E-state index is 0.108. The van der Waals surface area contributed by atoms with Gasteiger partial charge in [-0.25, -0.2) is 0 Å². The van der Waals surface area contributed by atoms with Gasteiger partial charge in [0, 0.05) is 6.54 Å². The van der Waals surface area contributed by atoms with Gasteiger partial charge in [0.05, 0.1) is 24.9 Å². The Morgan fingerprint density at radius 3 is 2.56 bits per heavy atom. The third kappa shape index (κ3) is 3.09. The van der Waals surface area contributed by atoms with Gasteiger partial charge in [0.25, 0.3) is 0 Å². The molecule has 1 heterocycles. The molecule has 0 aliphatic carbocycles. The summed E-state index contributed by atoms with van der Waals surface area (Å²) in [5.74, 6) is 0. The molecule has 1 fully saturated rings. The molecule has 0 aromatic heterocycles. The molecule has 1 aliphatic heterocycles. The second-order valence-corrected chi connectivity index (χ2v) is 4.89. The molecule has 2 rings (SSSR count). The zero-order valence-electron chi connectivity index (χ0n) is 10.4. The second-order valence-electron chi connectivity index (χ2n) is 4.89. The van der Waals surface area contributed by atoms with Crippen LogP contribution in [0.1, 0.15) is 12.0 Å². The average molecular weight is 251 g/mol. The highest BCUT2D eigenvalue weighted by Crippen LogP contribution is 2.19. The Hall–Kier alpha value is -0.940. The van der Waals surface area contributed by atoms with Crippen LogP contribution in [0.4, 0.5) is 0 Å². The predicted molar refractivity (Wildman–Crippen MR) is 69.2 cm³/mol. The molecule has 0 bridgehead atoms. The molecule has 4 heteroatoms. The highest BCUT2D eigenvalue weighted by Gasteiger charge is 2.38. The quantitative estimate of drug-likeness (QED) is 0.690. The lowest BCUT2D eigenvalue weighted by atomic mass is 10.1. The molecular formula is C14H21NO3. The van der Waals surface area contributed by atoms with Crippen LogP contribution in [0.25, 0.3) is 0 Å². The topological polar surface area (TPSA) is 63.9 Å². The van der Waals surface area contributed by atoms with E-state index in [1.54, 1.807) is 0 Å². The normalized spacial score (nSPS) is 28.7. The largest absolute Gasteiger partial charge is 0.395 e. The summed E-state index contributed by atoms with van der Waals surface area (Å²) in [6, 6.07) is 9.91. The number of hydrogen-bond acceptors (Lipinski definition) is 4. The number of nitrogens with zero attached hydrogens (tertiary/aromatic N) is 1. The first kappa shape index (κ1) is 13.5. The Kier molecular flexibility index (Phi) is 4.72. The summed E-state index contributed by atoms with van der Waals surface area (Å²) in [7, 11) is 0. The van der Waals surface area contributed by atoms with Crippen LogP contribution < -0.4 is 0 Å². The van der Waals surface area contributed by atoms with Crippen molar-refractivity contribution in [2.24, 2.45) is 0 Å². The van der Waals surface area contributed by atoms with Gasteiger partial charge >= 0.3 is 0 Å². The summed E-state index contributed by atoms with van der Waals surface area (Å²) in [4.78, 5) is 1.97. The standard InChI is InChI=1S/C14H21NO3/c16-10-12-14(18)13(17)9-15(12)8-4-7-11-5-2-1-3-6-11/h1-3,5-6,12-14,16-18H,4,7-10H2. The van der Waals surface area contributed by atoms with Gasteiger partial charge < -0.3 is 15.3 Å². The van der Waals surface area contributed by atoms with Crippen molar-refractivity contribution in [3.05, 3.63) is 35.9 Å². The molecule has 18 heavy (non-hydrogen) atoms. The number of β-amino-alcohol motifs (C(OH)–C–C–N with tert-alkyl or cyclic N) is 1. The average Bonchev–Trinajstić information content (AvgIpc) is 2.66. The Balaban J connectivity index is 1.80. The van der Waals surface area contributed by atoms with Crippen molar-refractivity contribution in [2.45, 2.75) is 31.1 Å². The maximum atomic E-state index is 9.69. The minimum atomic E-state index is -0.827. The van der Waals surface area contributed by atoms with Gasteiger partial charge in [-0.15, -0.1) is 0 Å². The third-order valence-electron chi connectivity index (χ3n) is 3.62. The van der Waals surface area contributed by atoms with Crippen molar-refractivity contribution in [1.82, 2.24) is 4.90 Å². The van der Waals surface area contributed by atoms with Crippen molar-refractivity contribution in [3.8, 4) is 0 Å². The van der Waals surface area contributed by atoms with E-state index in [1.807, 2.05) is 23.1 Å². The number of rotatable bonds is 5. The Bertz CT molecular complexity index is 357. The summed E-state index contributed by atoms with van der Waals surface area (Å²) in [5.41, 5.74) is 1.29. The van der Waals surface area contributed by atoms with Crippen LogP contribution in [0.15, 0.2) is 30.3 Å². The molecule has 4 nitrogen and oxygen atoms in total. The van der Waals surface area contributed by atoms with Gasteiger partial charge in [0.15, 0.2) is 0 Å². The molecule has 3 atom stereocenters. The van der Waals surface area contributed by atoms with Crippen LogP contribution >= 0.6 is 0 Å². The van der Waals surface area contributed by atoms with Crippen LogP contribution in [0.5, 0.6) is 0 Å². The van der Waals surface area contributed by atoms with Crippen LogP contribution in [0, 0.1) is 0 Å². The second kappa shape index (κ2) is 6.29. The van der Waals surface area contributed by atoms with Crippen molar-refractivity contribution in [1.29, 1.82) is 0 Å². The fourth-order valence-electron chi connectivity index (χ4n) is 2.57.